The highest BCUT2D eigenvalue weighted by atomic mass is 32.2. The maximum Gasteiger partial charge on any atom is 0.310 e. The van der Waals surface area contributed by atoms with Crippen molar-refractivity contribution in [3.05, 3.63) is 52.4 Å². The van der Waals surface area contributed by atoms with E-state index in [2.05, 4.69) is 0 Å². The topological polar surface area (TPSA) is 85.4 Å². The Morgan fingerprint density at radius 1 is 1.11 bits per heavy atom. The van der Waals surface area contributed by atoms with Crippen LogP contribution >= 0.6 is 11.8 Å². The van der Waals surface area contributed by atoms with Gasteiger partial charge in [0.15, 0.2) is 11.5 Å². The van der Waals surface area contributed by atoms with Gasteiger partial charge in [-0.05, 0) is 61.7 Å². The summed E-state index contributed by atoms with van der Waals surface area (Å²) in [4.78, 5) is 43.3. The first kappa shape index (κ1) is 25.6. The van der Waals surface area contributed by atoms with Gasteiger partial charge in [-0.2, -0.15) is 0 Å². The van der Waals surface area contributed by atoms with Gasteiger partial charge in [0.1, 0.15) is 0 Å². The van der Waals surface area contributed by atoms with E-state index in [1.807, 2.05) is 24.3 Å². The number of rotatable bonds is 6. The average molecular weight is 511 g/mol. The van der Waals surface area contributed by atoms with Crippen LogP contribution in [0.5, 0.6) is 11.5 Å². The zero-order valence-corrected chi connectivity index (χ0v) is 21.7. The molecule has 9 heteroatoms. The summed E-state index contributed by atoms with van der Waals surface area (Å²) in [5, 5.41) is 0. The molecule has 0 radical (unpaired) electrons. The van der Waals surface area contributed by atoms with Gasteiger partial charge >= 0.3 is 5.97 Å². The fourth-order valence-electron chi connectivity index (χ4n) is 4.42. The zero-order chi connectivity index (χ0) is 25.8. The fourth-order valence-corrected chi connectivity index (χ4v) is 5.51. The lowest BCUT2D eigenvalue weighted by molar-refractivity contribution is -0.149. The lowest BCUT2D eigenvalue weighted by Gasteiger charge is -2.32. The van der Waals surface area contributed by atoms with E-state index in [4.69, 9.17) is 14.2 Å². The van der Waals surface area contributed by atoms with Crippen LogP contribution in [0.4, 0.5) is 5.69 Å². The van der Waals surface area contributed by atoms with Crippen LogP contribution in [0.25, 0.3) is 6.08 Å². The number of benzene rings is 2. The van der Waals surface area contributed by atoms with Gasteiger partial charge in [-0.15, -0.1) is 0 Å². The number of likely N-dealkylation sites (tertiary alicyclic amines) is 1. The quantitative estimate of drug-likeness (QED) is 0.425. The number of nitrogens with zero attached hydrogens (tertiary/aromatic N) is 2. The number of methoxy groups -OCH3 is 2. The van der Waals surface area contributed by atoms with E-state index < -0.39 is 0 Å². The Labute approximate surface area is 215 Å². The van der Waals surface area contributed by atoms with Gasteiger partial charge in [-0.25, -0.2) is 0 Å². The lowest BCUT2D eigenvalue weighted by Crippen LogP contribution is -2.43. The number of ether oxygens (including phenoxy) is 3. The third-order valence-electron chi connectivity index (χ3n) is 6.34. The van der Waals surface area contributed by atoms with Crippen molar-refractivity contribution in [3.8, 4) is 11.5 Å². The van der Waals surface area contributed by atoms with Crippen molar-refractivity contribution in [3.63, 3.8) is 0 Å². The molecular formula is C27H30N2O6S. The smallest absolute Gasteiger partial charge is 0.310 e. The van der Waals surface area contributed by atoms with Crippen molar-refractivity contribution in [2.24, 2.45) is 5.92 Å². The minimum atomic E-state index is -0.302. The molecule has 0 saturated carbocycles. The number of hydrogen-bond donors (Lipinski definition) is 0. The number of likely N-dealkylation sites (N-methyl/N-ethyl adjacent to an activating group) is 1. The first-order chi connectivity index (χ1) is 17.4. The molecule has 0 bridgehead atoms. The average Bonchev–Trinajstić information content (AvgIpc) is 2.91. The van der Waals surface area contributed by atoms with Crippen molar-refractivity contribution in [1.82, 2.24) is 4.90 Å². The predicted octanol–water partition coefficient (Wildman–Crippen LogP) is 4.23. The molecule has 2 aromatic carbocycles. The van der Waals surface area contributed by atoms with Gasteiger partial charge in [-0.3, -0.25) is 14.4 Å². The Kier molecular flexibility index (Phi) is 7.88. The molecule has 190 valence electrons. The standard InChI is InChI=1S/C27H30N2O6S/c1-5-35-27(32)19-7-6-12-29(16-19)25(30)18-9-11-23-20(15-18)28(2)26(31)24(36-23)14-17-8-10-21(33-3)22(13-17)34-4/h8-11,13-15,19H,5-7,12,16H2,1-4H3/b24-14-/t19-/m1/s1. The largest absolute Gasteiger partial charge is 0.493 e. The molecule has 0 aromatic heterocycles. The summed E-state index contributed by atoms with van der Waals surface area (Å²) in [6.07, 6.45) is 3.28. The highest BCUT2D eigenvalue weighted by Crippen LogP contribution is 2.42. The maximum atomic E-state index is 13.2. The molecule has 4 rings (SSSR count). The molecule has 2 amide bonds. The third-order valence-corrected chi connectivity index (χ3v) is 7.41. The van der Waals surface area contributed by atoms with Crippen LogP contribution in [0.3, 0.4) is 0 Å². The van der Waals surface area contributed by atoms with Gasteiger partial charge in [0.25, 0.3) is 11.8 Å². The number of esters is 1. The Hall–Kier alpha value is -3.46. The zero-order valence-electron chi connectivity index (χ0n) is 20.9. The molecule has 0 unspecified atom stereocenters. The van der Waals surface area contributed by atoms with Gasteiger partial charge in [0.2, 0.25) is 0 Å². The minimum Gasteiger partial charge on any atom is -0.493 e. The summed E-state index contributed by atoms with van der Waals surface area (Å²) in [6, 6.07) is 10.9. The van der Waals surface area contributed by atoms with E-state index in [1.165, 1.54) is 11.8 Å². The summed E-state index contributed by atoms with van der Waals surface area (Å²) in [5.74, 6) is 0.334. The van der Waals surface area contributed by atoms with E-state index >= 15 is 0 Å². The Morgan fingerprint density at radius 2 is 1.89 bits per heavy atom. The highest BCUT2D eigenvalue weighted by Gasteiger charge is 2.32. The second kappa shape index (κ2) is 11.1. The number of thioether (sulfide) groups is 1. The van der Waals surface area contributed by atoms with Crippen LogP contribution in [-0.2, 0) is 14.3 Å². The van der Waals surface area contributed by atoms with Crippen molar-refractivity contribution in [2.75, 3.05) is 45.9 Å². The number of hydrogen-bond acceptors (Lipinski definition) is 7. The molecule has 0 spiro atoms. The molecule has 1 fully saturated rings. The predicted molar refractivity (Wildman–Crippen MR) is 138 cm³/mol. The van der Waals surface area contributed by atoms with E-state index in [0.717, 1.165) is 23.3 Å². The maximum absolute atomic E-state index is 13.2. The Morgan fingerprint density at radius 3 is 2.61 bits per heavy atom. The minimum absolute atomic E-state index is 0.149. The van der Waals surface area contributed by atoms with Crippen molar-refractivity contribution in [2.45, 2.75) is 24.7 Å². The second-order valence-corrected chi connectivity index (χ2v) is 9.70. The van der Waals surface area contributed by atoms with Crippen LogP contribution in [0.2, 0.25) is 0 Å². The number of fused-ring (bicyclic) bond motifs is 1. The van der Waals surface area contributed by atoms with E-state index in [1.54, 1.807) is 56.2 Å². The van der Waals surface area contributed by atoms with E-state index in [9.17, 15) is 14.4 Å². The molecule has 1 saturated heterocycles. The summed E-state index contributed by atoms with van der Waals surface area (Å²) >= 11 is 1.36. The molecule has 2 aliphatic heterocycles. The summed E-state index contributed by atoms with van der Waals surface area (Å²) in [7, 11) is 4.85. The number of piperidine rings is 1. The molecular weight excluding hydrogens is 480 g/mol. The Balaban J connectivity index is 1.55. The third kappa shape index (κ3) is 5.21. The highest BCUT2D eigenvalue weighted by molar-refractivity contribution is 8.04. The number of amides is 2. The number of carbonyl (C=O) groups excluding carboxylic acids is 3. The van der Waals surface area contributed by atoms with E-state index in [-0.39, 0.29) is 23.7 Å². The van der Waals surface area contributed by atoms with Crippen molar-refractivity contribution in [1.29, 1.82) is 0 Å². The molecule has 2 heterocycles. The molecule has 2 aliphatic rings. The van der Waals surface area contributed by atoms with Crippen LogP contribution in [0.1, 0.15) is 35.7 Å². The fraction of sp³-hybridized carbons (Fsp3) is 0.370. The number of anilines is 1. The van der Waals surface area contributed by atoms with Crippen LogP contribution < -0.4 is 14.4 Å². The van der Waals surface area contributed by atoms with Crippen molar-refractivity contribution < 1.29 is 28.6 Å². The van der Waals surface area contributed by atoms with Gasteiger partial charge in [0.05, 0.1) is 37.3 Å². The molecule has 0 N–H and O–H groups in total. The molecule has 0 aliphatic carbocycles. The second-order valence-electron chi connectivity index (χ2n) is 8.61. The van der Waals surface area contributed by atoms with Gasteiger partial charge < -0.3 is 24.0 Å². The van der Waals surface area contributed by atoms with E-state index in [0.29, 0.717) is 47.4 Å². The van der Waals surface area contributed by atoms with Crippen LogP contribution in [0, 0.1) is 5.92 Å². The Bertz CT molecular complexity index is 1210. The normalized spacial score (nSPS) is 18.6. The monoisotopic (exact) mass is 510 g/mol. The first-order valence-electron chi connectivity index (χ1n) is 11.9. The lowest BCUT2D eigenvalue weighted by atomic mass is 9.97. The molecule has 1 atom stereocenters. The summed E-state index contributed by atoms with van der Waals surface area (Å²) in [5.41, 5.74) is 1.98. The SMILES string of the molecule is CCOC(=O)[C@@H]1CCCN(C(=O)c2ccc3c(c2)N(C)C(=O)/C(=C/c2ccc(OC)c(OC)c2)S3)C1. The first-order valence-corrected chi connectivity index (χ1v) is 12.7. The van der Waals surface area contributed by atoms with Gasteiger partial charge in [0, 0.05) is 30.6 Å². The summed E-state index contributed by atoms with van der Waals surface area (Å²) < 4.78 is 15.8. The molecule has 36 heavy (non-hydrogen) atoms. The summed E-state index contributed by atoms with van der Waals surface area (Å²) in [6.45, 7) is 3.04. The van der Waals surface area contributed by atoms with Gasteiger partial charge in [-0.1, -0.05) is 17.8 Å². The molecule has 8 nitrogen and oxygen atoms in total. The van der Waals surface area contributed by atoms with Crippen LogP contribution in [0.15, 0.2) is 46.2 Å². The van der Waals surface area contributed by atoms with Crippen LogP contribution in [-0.4, -0.2) is 63.6 Å². The number of carbonyl (C=O) groups is 3. The van der Waals surface area contributed by atoms with Crippen molar-refractivity contribution >= 4 is 41.3 Å². The molecule has 2 aromatic rings.